The number of nitrogens with zero attached hydrogens (tertiary/aromatic N) is 1. The Balaban J connectivity index is 1.63. The maximum atomic E-state index is 12.4. The Hall–Kier alpha value is -1.55. The highest BCUT2D eigenvalue weighted by Gasteiger charge is 2.38. The van der Waals surface area contributed by atoms with Crippen LogP contribution in [0.4, 0.5) is 5.69 Å². The van der Waals surface area contributed by atoms with E-state index in [1.54, 1.807) is 6.07 Å². The van der Waals surface area contributed by atoms with E-state index in [-0.39, 0.29) is 17.7 Å². The first-order valence-corrected chi connectivity index (χ1v) is 8.29. The number of halogens is 1. The van der Waals surface area contributed by atoms with Crippen molar-refractivity contribution in [3.05, 3.63) is 28.8 Å². The molecule has 1 N–H and O–H groups in total. The second kappa shape index (κ2) is 6.29. The highest BCUT2D eigenvalue weighted by atomic mass is 35.5. The molecule has 0 radical (unpaired) electrons. The average Bonchev–Trinajstić information content (AvgIpc) is 3.12. The zero-order valence-corrected chi connectivity index (χ0v) is 13.5. The van der Waals surface area contributed by atoms with Crippen molar-refractivity contribution in [1.29, 1.82) is 0 Å². The van der Waals surface area contributed by atoms with Gasteiger partial charge in [-0.3, -0.25) is 9.59 Å². The summed E-state index contributed by atoms with van der Waals surface area (Å²) in [5.41, 5.74) is 1.66. The van der Waals surface area contributed by atoms with E-state index < -0.39 is 0 Å². The summed E-state index contributed by atoms with van der Waals surface area (Å²) in [4.78, 5) is 26.5. The predicted octanol–water partition coefficient (Wildman–Crippen LogP) is 3.38. The fourth-order valence-electron chi connectivity index (χ4n) is 3.39. The number of anilines is 1. The summed E-state index contributed by atoms with van der Waals surface area (Å²) in [6, 6.07) is 5.81. The van der Waals surface area contributed by atoms with Crippen LogP contribution in [0.25, 0.3) is 0 Å². The van der Waals surface area contributed by atoms with Crippen molar-refractivity contribution in [2.24, 2.45) is 5.92 Å². The molecule has 1 atom stereocenters. The lowest BCUT2D eigenvalue weighted by Gasteiger charge is -2.23. The van der Waals surface area contributed by atoms with Crippen LogP contribution in [0.2, 0.25) is 5.02 Å². The SMILES string of the molecule is Cc1ccc(NC(=O)[C@@H]2CC(=O)N(C3CCCC3)C2)cc1Cl. The van der Waals surface area contributed by atoms with E-state index in [0.717, 1.165) is 18.4 Å². The molecule has 4 nitrogen and oxygen atoms in total. The smallest absolute Gasteiger partial charge is 0.229 e. The molecule has 1 aliphatic carbocycles. The van der Waals surface area contributed by atoms with Gasteiger partial charge in [-0.1, -0.05) is 30.5 Å². The summed E-state index contributed by atoms with van der Waals surface area (Å²) in [6.07, 6.45) is 4.85. The van der Waals surface area contributed by atoms with Crippen LogP contribution in [0, 0.1) is 12.8 Å². The molecule has 22 heavy (non-hydrogen) atoms. The van der Waals surface area contributed by atoms with E-state index in [9.17, 15) is 9.59 Å². The van der Waals surface area contributed by atoms with Gasteiger partial charge in [-0.25, -0.2) is 0 Å². The largest absolute Gasteiger partial charge is 0.339 e. The van der Waals surface area contributed by atoms with E-state index in [4.69, 9.17) is 11.6 Å². The van der Waals surface area contributed by atoms with Crippen molar-refractivity contribution < 1.29 is 9.59 Å². The van der Waals surface area contributed by atoms with Gasteiger partial charge in [0.2, 0.25) is 11.8 Å². The Morgan fingerprint density at radius 1 is 1.32 bits per heavy atom. The highest BCUT2D eigenvalue weighted by molar-refractivity contribution is 6.31. The minimum Gasteiger partial charge on any atom is -0.339 e. The second-order valence-electron chi connectivity index (χ2n) is 6.34. The third-order valence-corrected chi connectivity index (χ3v) is 5.14. The van der Waals surface area contributed by atoms with Crippen molar-refractivity contribution in [3.8, 4) is 0 Å². The molecule has 1 saturated carbocycles. The van der Waals surface area contributed by atoms with Gasteiger partial charge >= 0.3 is 0 Å². The third kappa shape index (κ3) is 3.12. The molecule has 1 heterocycles. The predicted molar refractivity (Wildman–Crippen MR) is 86.9 cm³/mol. The summed E-state index contributed by atoms with van der Waals surface area (Å²) in [5.74, 6) is -0.226. The number of amides is 2. The number of nitrogens with one attached hydrogen (secondary N) is 1. The molecule has 0 aromatic heterocycles. The van der Waals surface area contributed by atoms with Crippen LogP contribution in [0.1, 0.15) is 37.7 Å². The number of aryl methyl sites for hydroxylation is 1. The van der Waals surface area contributed by atoms with Crippen LogP contribution in [0.15, 0.2) is 18.2 Å². The molecule has 118 valence electrons. The molecular weight excluding hydrogens is 300 g/mol. The molecule has 5 heteroatoms. The summed E-state index contributed by atoms with van der Waals surface area (Å²) in [7, 11) is 0. The third-order valence-electron chi connectivity index (χ3n) is 4.73. The zero-order chi connectivity index (χ0) is 15.7. The van der Waals surface area contributed by atoms with Gasteiger partial charge in [0.05, 0.1) is 5.92 Å². The number of benzene rings is 1. The Bertz CT molecular complexity index is 596. The molecule has 0 bridgehead atoms. The van der Waals surface area contributed by atoms with Gasteiger partial charge in [0, 0.05) is 29.7 Å². The normalized spacial score (nSPS) is 22.4. The van der Waals surface area contributed by atoms with E-state index in [2.05, 4.69) is 5.32 Å². The van der Waals surface area contributed by atoms with Gasteiger partial charge in [0.1, 0.15) is 0 Å². The van der Waals surface area contributed by atoms with Crippen LogP contribution in [-0.2, 0) is 9.59 Å². The van der Waals surface area contributed by atoms with Crippen LogP contribution in [0.5, 0.6) is 0 Å². The van der Waals surface area contributed by atoms with Crippen molar-refractivity contribution in [2.75, 3.05) is 11.9 Å². The van der Waals surface area contributed by atoms with E-state index in [0.29, 0.717) is 29.7 Å². The number of hydrogen-bond donors (Lipinski definition) is 1. The molecule has 0 spiro atoms. The van der Waals surface area contributed by atoms with Gasteiger partial charge in [0.25, 0.3) is 0 Å². The van der Waals surface area contributed by atoms with Gasteiger partial charge in [-0.05, 0) is 37.5 Å². The van der Waals surface area contributed by atoms with Gasteiger partial charge < -0.3 is 10.2 Å². The van der Waals surface area contributed by atoms with Crippen LogP contribution < -0.4 is 5.32 Å². The molecule has 0 unspecified atom stereocenters. The van der Waals surface area contributed by atoms with Crippen LogP contribution in [-0.4, -0.2) is 29.3 Å². The number of rotatable bonds is 3. The van der Waals surface area contributed by atoms with E-state index in [1.807, 2.05) is 24.0 Å². The van der Waals surface area contributed by atoms with Gasteiger partial charge in [0.15, 0.2) is 0 Å². The summed E-state index contributed by atoms with van der Waals surface area (Å²) < 4.78 is 0. The Labute approximate surface area is 135 Å². The van der Waals surface area contributed by atoms with Crippen molar-refractivity contribution in [3.63, 3.8) is 0 Å². The summed E-state index contributed by atoms with van der Waals surface area (Å²) in [6.45, 7) is 2.47. The molecular formula is C17H21ClN2O2. The maximum Gasteiger partial charge on any atom is 0.229 e. The van der Waals surface area contributed by atoms with Gasteiger partial charge in [-0.15, -0.1) is 0 Å². The van der Waals surface area contributed by atoms with E-state index in [1.165, 1.54) is 12.8 Å². The van der Waals surface area contributed by atoms with Crippen LogP contribution >= 0.6 is 11.6 Å². The zero-order valence-electron chi connectivity index (χ0n) is 12.8. The molecule has 1 aromatic carbocycles. The van der Waals surface area contributed by atoms with Gasteiger partial charge in [-0.2, -0.15) is 0 Å². The van der Waals surface area contributed by atoms with Crippen molar-refractivity contribution in [1.82, 2.24) is 4.90 Å². The van der Waals surface area contributed by atoms with Crippen molar-refractivity contribution in [2.45, 2.75) is 45.1 Å². The lowest BCUT2D eigenvalue weighted by molar-refractivity contribution is -0.129. The molecule has 1 aliphatic heterocycles. The molecule has 2 amide bonds. The minimum atomic E-state index is -0.256. The fourth-order valence-corrected chi connectivity index (χ4v) is 3.57. The molecule has 1 aromatic rings. The Morgan fingerprint density at radius 2 is 2.05 bits per heavy atom. The number of hydrogen-bond acceptors (Lipinski definition) is 2. The van der Waals surface area contributed by atoms with Crippen molar-refractivity contribution >= 4 is 29.1 Å². The Kier molecular flexibility index (Phi) is 4.39. The first kappa shape index (κ1) is 15.3. The number of likely N-dealkylation sites (tertiary alicyclic amines) is 1. The monoisotopic (exact) mass is 320 g/mol. The number of carbonyl (C=O) groups excluding carboxylic acids is 2. The quantitative estimate of drug-likeness (QED) is 0.928. The summed E-state index contributed by atoms with van der Waals surface area (Å²) >= 11 is 6.08. The maximum absolute atomic E-state index is 12.4. The summed E-state index contributed by atoms with van der Waals surface area (Å²) in [5, 5.41) is 3.51. The topological polar surface area (TPSA) is 49.4 Å². The molecule has 3 rings (SSSR count). The second-order valence-corrected chi connectivity index (χ2v) is 6.75. The standard InChI is InChI=1S/C17H21ClN2O2/c1-11-6-7-13(9-15(11)18)19-17(22)12-8-16(21)20(10-12)14-4-2-3-5-14/h6-7,9,12,14H,2-5,8,10H2,1H3,(H,19,22)/t12-/m1/s1. The fraction of sp³-hybridized carbons (Fsp3) is 0.529. The lowest BCUT2D eigenvalue weighted by atomic mass is 10.1. The van der Waals surface area contributed by atoms with E-state index >= 15 is 0 Å². The minimum absolute atomic E-state index is 0.0891. The average molecular weight is 321 g/mol. The number of carbonyl (C=O) groups is 2. The lowest BCUT2D eigenvalue weighted by Crippen LogP contribution is -2.35. The molecule has 2 aliphatic rings. The Morgan fingerprint density at radius 3 is 2.73 bits per heavy atom. The molecule has 1 saturated heterocycles. The first-order valence-electron chi connectivity index (χ1n) is 7.91. The highest BCUT2D eigenvalue weighted by Crippen LogP contribution is 2.30. The first-order chi connectivity index (χ1) is 10.5. The van der Waals surface area contributed by atoms with Crippen LogP contribution in [0.3, 0.4) is 0 Å². The molecule has 2 fully saturated rings.